The number of amides is 2. The quantitative estimate of drug-likeness (QED) is 0.791. The Kier molecular flexibility index (Phi) is 5.46. The molecule has 5 nitrogen and oxygen atoms in total. The van der Waals surface area contributed by atoms with Gasteiger partial charge in [0.15, 0.2) is 5.13 Å². The number of carbonyl (C=O) groups is 1. The lowest BCUT2D eigenvalue weighted by Gasteiger charge is -2.20. The number of urea groups is 1. The number of aliphatic hydroxyl groups is 1. The van der Waals surface area contributed by atoms with E-state index in [2.05, 4.69) is 15.6 Å². The third-order valence-corrected chi connectivity index (χ3v) is 3.98. The molecule has 0 saturated heterocycles. The third-order valence-electron chi connectivity index (χ3n) is 3.18. The van der Waals surface area contributed by atoms with E-state index in [1.807, 2.05) is 12.3 Å². The predicted molar refractivity (Wildman–Crippen MR) is 84.5 cm³/mol. The van der Waals surface area contributed by atoms with Crippen molar-refractivity contribution in [2.24, 2.45) is 0 Å². The SMILES string of the molecule is CCc1csc(NC(=O)NC(C)C(O)c2ccc(F)cc2)n1. The smallest absolute Gasteiger partial charge is 0.321 e. The van der Waals surface area contributed by atoms with E-state index in [9.17, 15) is 14.3 Å². The maximum atomic E-state index is 12.9. The Balaban J connectivity index is 1.91. The topological polar surface area (TPSA) is 74.2 Å². The molecule has 0 saturated carbocycles. The zero-order valence-electron chi connectivity index (χ0n) is 12.3. The van der Waals surface area contributed by atoms with Crippen LogP contribution in [0.4, 0.5) is 14.3 Å². The molecule has 0 aliphatic carbocycles. The lowest BCUT2D eigenvalue weighted by atomic mass is 10.0. The summed E-state index contributed by atoms with van der Waals surface area (Å²) in [7, 11) is 0. The predicted octanol–water partition coefficient (Wildman–Crippen LogP) is 3.09. The minimum Gasteiger partial charge on any atom is -0.386 e. The fourth-order valence-corrected chi connectivity index (χ4v) is 2.68. The van der Waals surface area contributed by atoms with Crippen LogP contribution < -0.4 is 10.6 Å². The summed E-state index contributed by atoms with van der Waals surface area (Å²) in [6, 6.07) is 4.55. The molecule has 0 aliphatic heterocycles. The van der Waals surface area contributed by atoms with Crippen LogP contribution in [0.2, 0.25) is 0 Å². The number of nitrogens with zero attached hydrogens (tertiary/aromatic N) is 1. The van der Waals surface area contributed by atoms with E-state index in [0.717, 1.165) is 12.1 Å². The normalized spacial score (nSPS) is 13.5. The van der Waals surface area contributed by atoms with E-state index in [4.69, 9.17) is 0 Å². The summed E-state index contributed by atoms with van der Waals surface area (Å²) >= 11 is 1.35. The molecule has 0 fully saturated rings. The van der Waals surface area contributed by atoms with Gasteiger partial charge in [-0.2, -0.15) is 0 Å². The number of benzene rings is 1. The monoisotopic (exact) mass is 323 g/mol. The molecule has 2 aromatic rings. The highest BCUT2D eigenvalue weighted by atomic mass is 32.1. The number of anilines is 1. The molecule has 22 heavy (non-hydrogen) atoms. The summed E-state index contributed by atoms with van der Waals surface area (Å²) in [4.78, 5) is 16.1. The first kappa shape index (κ1) is 16.4. The van der Waals surface area contributed by atoms with E-state index in [0.29, 0.717) is 10.7 Å². The maximum Gasteiger partial charge on any atom is 0.321 e. The van der Waals surface area contributed by atoms with Gasteiger partial charge in [0.1, 0.15) is 5.82 Å². The molecule has 0 bridgehead atoms. The number of hydrogen-bond acceptors (Lipinski definition) is 4. The van der Waals surface area contributed by atoms with Crippen LogP contribution in [-0.2, 0) is 6.42 Å². The van der Waals surface area contributed by atoms with Gasteiger partial charge in [-0.3, -0.25) is 5.32 Å². The second kappa shape index (κ2) is 7.33. The Morgan fingerprint density at radius 1 is 1.41 bits per heavy atom. The van der Waals surface area contributed by atoms with E-state index in [1.54, 1.807) is 6.92 Å². The van der Waals surface area contributed by atoms with Crippen LogP contribution in [0.5, 0.6) is 0 Å². The molecular formula is C15H18FN3O2S. The van der Waals surface area contributed by atoms with Crippen LogP contribution in [0.15, 0.2) is 29.6 Å². The van der Waals surface area contributed by atoms with Crippen molar-refractivity contribution in [2.75, 3.05) is 5.32 Å². The van der Waals surface area contributed by atoms with Crippen molar-refractivity contribution >= 4 is 22.5 Å². The summed E-state index contributed by atoms with van der Waals surface area (Å²) < 4.78 is 12.9. The molecule has 2 unspecified atom stereocenters. The van der Waals surface area contributed by atoms with Crippen molar-refractivity contribution in [3.63, 3.8) is 0 Å². The molecule has 0 aliphatic rings. The molecule has 2 amide bonds. The van der Waals surface area contributed by atoms with Gasteiger partial charge in [-0.05, 0) is 31.0 Å². The molecule has 1 aromatic heterocycles. The van der Waals surface area contributed by atoms with Crippen LogP contribution in [0.3, 0.4) is 0 Å². The number of nitrogens with one attached hydrogen (secondary N) is 2. The summed E-state index contributed by atoms with van der Waals surface area (Å²) in [5.41, 5.74) is 1.46. The van der Waals surface area contributed by atoms with Gasteiger partial charge in [-0.25, -0.2) is 14.2 Å². The van der Waals surface area contributed by atoms with Gasteiger partial charge in [0, 0.05) is 5.38 Å². The second-order valence-electron chi connectivity index (χ2n) is 4.88. The lowest BCUT2D eigenvalue weighted by Crippen LogP contribution is -2.39. The van der Waals surface area contributed by atoms with E-state index < -0.39 is 18.2 Å². The molecule has 0 spiro atoms. The molecule has 3 N–H and O–H groups in total. The number of rotatable bonds is 5. The lowest BCUT2D eigenvalue weighted by molar-refractivity contribution is 0.139. The zero-order chi connectivity index (χ0) is 16.1. The Morgan fingerprint density at radius 3 is 2.68 bits per heavy atom. The first-order valence-electron chi connectivity index (χ1n) is 6.95. The highest BCUT2D eigenvalue weighted by Gasteiger charge is 2.19. The van der Waals surface area contributed by atoms with Gasteiger partial charge < -0.3 is 10.4 Å². The molecule has 118 valence electrons. The number of thiazole rings is 1. The average molecular weight is 323 g/mol. The molecule has 7 heteroatoms. The van der Waals surface area contributed by atoms with E-state index >= 15 is 0 Å². The number of carbonyl (C=O) groups excluding carboxylic acids is 1. The van der Waals surface area contributed by atoms with E-state index in [1.165, 1.54) is 35.6 Å². The first-order valence-corrected chi connectivity index (χ1v) is 7.83. The molecule has 0 radical (unpaired) electrons. The van der Waals surface area contributed by atoms with Gasteiger partial charge in [-0.15, -0.1) is 11.3 Å². The average Bonchev–Trinajstić information content (AvgIpc) is 2.94. The van der Waals surface area contributed by atoms with Crippen molar-refractivity contribution in [3.05, 3.63) is 46.7 Å². The molecule has 1 aromatic carbocycles. The summed E-state index contributed by atoms with van der Waals surface area (Å²) in [6.45, 7) is 3.66. The summed E-state index contributed by atoms with van der Waals surface area (Å²) in [5.74, 6) is -0.371. The molecule has 2 atom stereocenters. The Hall–Kier alpha value is -1.99. The summed E-state index contributed by atoms with van der Waals surface area (Å²) in [5, 5.41) is 17.8. The van der Waals surface area contributed by atoms with Crippen molar-refractivity contribution in [1.29, 1.82) is 0 Å². The van der Waals surface area contributed by atoms with Crippen LogP contribution >= 0.6 is 11.3 Å². The standard InChI is InChI=1S/C15H18FN3O2S/c1-3-12-8-22-15(18-12)19-14(21)17-9(2)13(20)10-4-6-11(16)7-5-10/h4-9,13,20H,3H2,1-2H3,(H2,17,18,19,21). The Bertz CT molecular complexity index is 630. The van der Waals surface area contributed by atoms with Gasteiger partial charge in [0.25, 0.3) is 0 Å². The molecule has 2 rings (SSSR count). The maximum absolute atomic E-state index is 12.9. The van der Waals surface area contributed by atoms with E-state index in [-0.39, 0.29) is 5.82 Å². The number of aryl methyl sites for hydroxylation is 1. The van der Waals surface area contributed by atoms with Crippen LogP contribution in [0, 0.1) is 5.82 Å². The summed E-state index contributed by atoms with van der Waals surface area (Å²) in [6.07, 6.45) is -0.117. The number of halogens is 1. The molecular weight excluding hydrogens is 305 g/mol. The molecule has 1 heterocycles. The van der Waals surface area contributed by atoms with Crippen LogP contribution in [-0.4, -0.2) is 22.2 Å². The van der Waals surface area contributed by atoms with Crippen molar-refractivity contribution in [2.45, 2.75) is 32.4 Å². The van der Waals surface area contributed by atoms with Gasteiger partial charge in [-0.1, -0.05) is 19.1 Å². The second-order valence-corrected chi connectivity index (χ2v) is 5.74. The minimum atomic E-state index is -0.922. The zero-order valence-corrected chi connectivity index (χ0v) is 13.2. The highest BCUT2D eigenvalue weighted by Crippen LogP contribution is 2.18. The number of hydrogen-bond donors (Lipinski definition) is 3. The first-order chi connectivity index (χ1) is 10.5. The van der Waals surface area contributed by atoms with Crippen molar-refractivity contribution < 1.29 is 14.3 Å². The van der Waals surface area contributed by atoms with Crippen LogP contribution in [0.1, 0.15) is 31.2 Å². The number of aliphatic hydroxyl groups excluding tert-OH is 1. The Labute approximate surface area is 132 Å². The van der Waals surface area contributed by atoms with Gasteiger partial charge >= 0.3 is 6.03 Å². The minimum absolute atomic E-state index is 0.371. The van der Waals surface area contributed by atoms with Gasteiger partial charge in [0.05, 0.1) is 17.8 Å². The van der Waals surface area contributed by atoms with Crippen LogP contribution in [0.25, 0.3) is 0 Å². The van der Waals surface area contributed by atoms with Crippen molar-refractivity contribution in [1.82, 2.24) is 10.3 Å². The third kappa shape index (κ3) is 4.25. The van der Waals surface area contributed by atoms with Gasteiger partial charge in [0.2, 0.25) is 0 Å². The number of aromatic nitrogens is 1. The fraction of sp³-hybridized carbons (Fsp3) is 0.333. The fourth-order valence-electron chi connectivity index (χ4n) is 1.89. The van der Waals surface area contributed by atoms with Crippen molar-refractivity contribution in [3.8, 4) is 0 Å². The Morgan fingerprint density at radius 2 is 2.09 bits per heavy atom. The highest BCUT2D eigenvalue weighted by molar-refractivity contribution is 7.13. The largest absolute Gasteiger partial charge is 0.386 e.